The van der Waals surface area contributed by atoms with Crippen molar-refractivity contribution >= 4 is 40.9 Å². The van der Waals surface area contributed by atoms with Gasteiger partial charge in [0.25, 0.3) is 0 Å². The summed E-state index contributed by atoms with van der Waals surface area (Å²) < 4.78 is 10.5. The molecule has 7 heteroatoms. The largest absolute Gasteiger partial charge is 0.493 e. The molecule has 0 atom stereocenters. The predicted octanol–water partition coefficient (Wildman–Crippen LogP) is 4.90. The van der Waals surface area contributed by atoms with Gasteiger partial charge in [0.1, 0.15) is 0 Å². The molecule has 140 valence electrons. The SMILES string of the molecule is COc1ccc(CN(C)C(=O)CSCc2c(Cl)cccc2Cl)cc1OC. The van der Waals surface area contributed by atoms with Gasteiger partial charge in [-0.1, -0.05) is 35.3 Å². The van der Waals surface area contributed by atoms with Crippen LogP contribution in [0.1, 0.15) is 11.1 Å². The molecule has 0 aliphatic carbocycles. The fourth-order valence-electron chi connectivity index (χ4n) is 2.36. The van der Waals surface area contributed by atoms with E-state index in [1.54, 1.807) is 44.4 Å². The first-order valence-corrected chi connectivity index (χ1v) is 9.82. The van der Waals surface area contributed by atoms with Crippen LogP contribution in [0.3, 0.4) is 0 Å². The summed E-state index contributed by atoms with van der Waals surface area (Å²) in [4.78, 5) is 14.1. The van der Waals surface area contributed by atoms with Crippen LogP contribution in [0, 0.1) is 0 Å². The standard InChI is InChI=1S/C19H21Cl2NO3S/c1-22(10-13-7-8-17(24-2)18(9-13)25-3)19(23)12-26-11-14-15(20)5-4-6-16(14)21/h4-9H,10-12H2,1-3H3. The first-order chi connectivity index (χ1) is 12.5. The molecule has 2 aromatic rings. The summed E-state index contributed by atoms with van der Waals surface area (Å²) in [5.41, 5.74) is 1.83. The molecule has 0 spiro atoms. The van der Waals surface area contributed by atoms with Gasteiger partial charge in [0, 0.05) is 29.4 Å². The van der Waals surface area contributed by atoms with E-state index >= 15 is 0 Å². The van der Waals surface area contributed by atoms with E-state index in [2.05, 4.69) is 0 Å². The molecule has 26 heavy (non-hydrogen) atoms. The third kappa shape index (κ3) is 5.47. The molecule has 0 fully saturated rings. The Labute approximate surface area is 168 Å². The van der Waals surface area contributed by atoms with Crippen molar-refractivity contribution in [2.45, 2.75) is 12.3 Å². The molecule has 0 heterocycles. The number of thioether (sulfide) groups is 1. The van der Waals surface area contributed by atoms with Crippen molar-refractivity contribution in [2.24, 2.45) is 0 Å². The molecule has 0 aliphatic heterocycles. The third-order valence-electron chi connectivity index (χ3n) is 3.83. The highest BCUT2D eigenvalue weighted by Gasteiger charge is 2.13. The molecular weight excluding hydrogens is 393 g/mol. The van der Waals surface area contributed by atoms with Crippen molar-refractivity contribution in [1.29, 1.82) is 0 Å². The zero-order valence-electron chi connectivity index (χ0n) is 14.9. The molecule has 4 nitrogen and oxygen atoms in total. The molecular formula is C19H21Cl2NO3S. The van der Waals surface area contributed by atoms with Crippen LogP contribution in [0.2, 0.25) is 10.0 Å². The highest BCUT2D eigenvalue weighted by Crippen LogP contribution is 2.29. The van der Waals surface area contributed by atoms with E-state index in [1.807, 2.05) is 18.2 Å². The van der Waals surface area contributed by atoms with Crippen molar-refractivity contribution < 1.29 is 14.3 Å². The molecule has 0 aromatic heterocycles. The van der Waals surface area contributed by atoms with Gasteiger partial charge in [-0.25, -0.2) is 0 Å². The second-order valence-electron chi connectivity index (χ2n) is 5.63. The summed E-state index contributed by atoms with van der Waals surface area (Å²) in [6, 6.07) is 11.0. The number of carbonyl (C=O) groups is 1. The van der Waals surface area contributed by atoms with Crippen molar-refractivity contribution in [2.75, 3.05) is 27.0 Å². The molecule has 0 N–H and O–H groups in total. The molecule has 0 radical (unpaired) electrons. The van der Waals surface area contributed by atoms with Gasteiger partial charge in [0.2, 0.25) is 5.91 Å². The smallest absolute Gasteiger partial charge is 0.232 e. The fraction of sp³-hybridized carbons (Fsp3) is 0.316. The lowest BCUT2D eigenvalue weighted by molar-refractivity contribution is -0.127. The van der Waals surface area contributed by atoms with Gasteiger partial charge in [-0.3, -0.25) is 4.79 Å². The van der Waals surface area contributed by atoms with Crippen LogP contribution in [0.4, 0.5) is 0 Å². The molecule has 0 saturated carbocycles. The minimum Gasteiger partial charge on any atom is -0.493 e. The Kier molecular flexibility index (Phi) is 7.94. The molecule has 2 aromatic carbocycles. The van der Waals surface area contributed by atoms with E-state index in [-0.39, 0.29) is 5.91 Å². The predicted molar refractivity (Wildman–Crippen MR) is 109 cm³/mol. The molecule has 0 saturated heterocycles. The maximum Gasteiger partial charge on any atom is 0.232 e. The molecule has 0 unspecified atom stereocenters. The molecule has 0 bridgehead atoms. The monoisotopic (exact) mass is 413 g/mol. The summed E-state index contributed by atoms with van der Waals surface area (Å²) in [5, 5.41) is 1.24. The van der Waals surface area contributed by atoms with Crippen LogP contribution < -0.4 is 9.47 Å². The van der Waals surface area contributed by atoms with E-state index in [0.717, 1.165) is 11.1 Å². The number of nitrogens with zero attached hydrogens (tertiary/aromatic N) is 1. The zero-order chi connectivity index (χ0) is 19.1. The molecule has 2 rings (SSSR count). The average Bonchev–Trinajstić information content (AvgIpc) is 2.63. The summed E-state index contributed by atoms with van der Waals surface area (Å²) in [7, 11) is 4.96. The van der Waals surface area contributed by atoms with Gasteiger partial charge in [-0.15, -0.1) is 11.8 Å². The Morgan fingerprint density at radius 3 is 2.35 bits per heavy atom. The lowest BCUT2D eigenvalue weighted by Gasteiger charge is -2.18. The maximum atomic E-state index is 12.4. The summed E-state index contributed by atoms with van der Waals surface area (Å²) >= 11 is 13.8. The molecule has 1 amide bonds. The minimum atomic E-state index is 0.0351. The minimum absolute atomic E-state index is 0.0351. The van der Waals surface area contributed by atoms with Crippen molar-refractivity contribution in [3.63, 3.8) is 0 Å². The second-order valence-corrected chi connectivity index (χ2v) is 7.43. The summed E-state index contributed by atoms with van der Waals surface area (Å²) in [6.45, 7) is 0.493. The Hall–Kier alpha value is -1.56. The number of methoxy groups -OCH3 is 2. The Morgan fingerprint density at radius 2 is 1.73 bits per heavy atom. The van der Waals surface area contributed by atoms with Crippen molar-refractivity contribution in [3.05, 3.63) is 57.6 Å². The third-order valence-corrected chi connectivity index (χ3v) is 5.48. The van der Waals surface area contributed by atoms with Crippen LogP contribution in [-0.2, 0) is 17.1 Å². The van der Waals surface area contributed by atoms with E-state index in [0.29, 0.717) is 39.6 Å². The second kappa shape index (κ2) is 9.95. The van der Waals surface area contributed by atoms with Crippen LogP contribution in [0.5, 0.6) is 11.5 Å². The zero-order valence-corrected chi connectivity index (χ0v) is 17.2. The van der Waals surface area contributed by atoms with Gasteiger partial charge in [0.05, 0.1) is 20.0 Å². The maximum absolute atomic E-state index is 12.4. The lowest BCUT2D eigenvalue weighted by Crippen LogP contribution is -2.27. The average molecular weight is 414 g/mol. The Morgan fingerprint density at radius 1 is 1.08 bits per heavy atom. The highest BCUT2D eigenvalue weighted by molar-refractivity contribution is 7.99. The van der Waals surface area contributed by atoms with Crippen molar-refractivity contribution in [1.82, 2.24) is 4.90 Å². The van der Waals surface area contributed by atoms with Crippen LogP contribution >= 0.6 is 35.0 Å². The quantitative estimate of drug-likeness (QED) is 0.616. The highest BCUT2D eigenvalue weighted by atomic mass is 35.5. The number of rotatable bonds is 8. The summed E-state index contributed by atoms with van der Waals surface area (Å²) in [5.74, 6) is 2.29. The van der Waals surface area contributed by atoms with Crippen molar-refractivity contribution in [3.8, 4) is 11.5 Å². The molecule has 0 aliphatic rings. The van der Waals surface area contributed by atoms with Gasteiger partial charge in [-0.05, 0) is 35.4 Å². The van der Waals surface area contributed by atoms with Gasteiger partial charge in [0.15, 0.2) is 11.5 Å². The number of hydrogen-bond donors (Lipinski definition) is 0. The van der Waals surface area contributed by atoms with E-state index < -0.39 is 0 Å². The van der Waals surface area contributed by atoms with E-state index in [4.69, 9.17) is 32.7 Å². The van der Waals surface area contributed by atoms with E-state index in [1.165, 1.54) is 11.8 Å². The van der Waals surface area contributed by atoms with Crippen LogP contribution in [-0.4, -0.2) is 37.8 Å². The van der Waals surface area contributed by atoms with E-state index in [9.17, 15) is 4.79 Å². The number of ether oxygens (including phenoxy) is 2. The number of carbonyl (C=O) groups excluding carboxylic acids is 1. The lowest BCUT2D eigenvalue weighted by atomic mass is 10.2. The number of benzene rings is 2. The van der Waals surface area contributed by atoms with Gasteiger partial charge in [-0.2, -0.15) is 0 Å². The first-order valence-electron chi connectivity index (χ1n) is 7.91. The topological polar surface area (TPSA) is 38.8 Å². The van der Waals surface area contributed by atoms with Gasteiger partial charge >= 0.3 is 0 Å². The number of halogens is 2. The van der Waals surface area contributed by atoms with Crippen LogP contribution in [0.25, 0.3) is 0 Å². The number of hydrogen-bond acceptors (Lipinski definition) is 4. The Balaban J connectivity index is 1.89. The fourth-order valence-corrected chi connectivity index (χ4v) is 4.06. The Bertz CT molecular complexity index is 750. The number of amides is 1. The van der Waals surface area contributed by atoms with Crippen LogP contribution in [0.15, 0.2) is 36.4 Å². The normalized spacial score (nSPS) is 10.5. The first kappa shape index (κ1) is 20.7. The summed E-state index contributed by atoms with van der Waals surface area (Å²) in [6.07, 6.45) is 0. The van der Waals surface area contributed by atoms with Gasteiger partial charge < -0.3 is 14.4 Å².